The van der Waals surface area contributed by atoms with Gasteiger partial charge in [-0.25, -0.2) is 0 Å². The lowest BCUT2D eigenvalue weighted by Crippen LogP contribution is -2.51. The van der Waals surface area contributed by atoms with Crippen LogP contribution in [0.5, 0.6) is 0 Å². The van der Waals surface area contributed by atoms with Gasteiger partial charge in [-0.2, -0.15) is 5.26 Å². The van der Waals surface area contributed by atoms with Crippen LogP contribution in [-0.2, 0) is 4.79 Å². The van der Waals surface area contributed by atoms with Crippen molar-refractivity contribution < 1.29 is 4.79 Å². The number of hydrogen-bond donors (Lipinski definition) is 1. The van der Waals surface area contributed by atoms with Gasteiger partial charge in [0.05, 0.1) is 6.07 Å². The Hall–Kier alpha value is -1.30. The Morgan fingerprint density at radius 1 is 1.37 bits per heavy atom. The van der Waals surface area contributed by atoms with Gasteiger partial charge in [-0.15, -0.1) is 0 Å². The Kier molecular flexibility index (Phi) is 4.63. The molecule has 2 aliphatic rings. The lowest BCUT2D eigenvalue weighted by molar-refractivity contribution is -0.123. The smallest absolute Gasteiger partial charge is 0.221 e. The maximum absolute atomic E-state index is 12.1. The van der Waals surface area contributed by atoms with Gasteiger partial charge in [-0.05, 0) is 44.4 Å². The molecule has 1 fully saturated rings. The lowest BCUT2D eigenvalue weighted by atomic mass is 9.76. The molecule has 3 heteroatoms. The number of carbonyl (C=O) groups excluding carboxylic acids is 1. The van der Waals surface area contributed by atoms with E-state index in [9.17, 15) is 10.1 Å². The van der Waals surface area contributed by atoms with Crippen LogP contribution in [0.1, 0.15) is 58.3 Å². The molecule has 1 amide bonds. The highest BCUT2D eigenvalue weighted by atomic mass is 16.1. The van der Waals surface area contributed by atoms with E-state index in [1.807, 2.05) is 6.92 Å². The number of amides is 1. The molecule has 0 radical (unpaired) electrons. The first-order valence-corrected chi connectivity index (χ1v) is 7.53. The van der Waals surface area contributed by atoms with E-state index in [4.69, 9.17) is 0 Å². The molecule has 0 bridgehead atoms. The molecule has 2 atom stereocenters. The molecule has 0 aromatic heterocycles. The summed E-state index contributed by atoms with van der Waals surface area (Å²) >= 11 is 0. The van der Waals surface area contributed by atoms with Crippen LogP contribution in [0.3, 0.4) is 0 Å². The predicted molar refractivity (Wildman–Crippen MR) is 75.2 cm³/mol. The van der Waals surface area contributed by atoms with Gasteiger partial charge in [0, 0.05) is 6.42 Å². The standard InChI is InChI=1S/C16H24N2O/c1-16(12-17,14-9-3-2-4-10-14)18-15(19)11-13-7-5-6-8-13/h5,7,13-14H,2-4,6,8-11H2,1H3,(H,18,19)/t13-,16-/m0/s1. The fraction of sp³-hybridized carbons (Fsp3) is 0.750. The van der Waals surface area contributed by atoms with E-state index in [0.29, 0.717) is 18.3 Å². The minimum Gasteiger partial charge on any atom is -0.338 e. The van der Waals surface area contributed by atoms with E-state index >= 15 is 0 Å². The van der Waals surface area contributed by atoms with Crippen molar-refractivity contribution in [2.75, 3.05) is 0 Å². The fourth-order valence-corrected chi connectivity index (χ4v) is 3.35. The zero-order valence-corrected chi connectivity index (χ0v) is 11.8. The SMILES string of the molecule is C[C@@](C#N)(NC(=O)C[C@H]1C=CCC1)C1CCCCC1. The summed E-state index contributed by atoms with van der Waals surface area (Å²) in [6.45, 7) is 1.89. The van der Waals surface area contributed by atoms with Crippen molar-refractivity contribution in [3.05, 3.63) is 12.2 Å². The Morgan fingerprint density at radius 2 is 2.11 bits per heavy atom. The van der Waals surface area contributed by atoms with Crippen LogP contribution in [0, 0.1) is 23.2 Å². The van der Waals surface area contributed by atoms with Crippen LogP contribution in [-0.4, -0.2) is 11.4 Å². The molecule has 1 N–H and O–H groups in total. The summed E-state index contributed by atoms with van der Waals surface area (Å²) in [6.07, 6.45) is 12.7. The highest BCUT2D eigenvalue weighted by Crippen LogP contribution is 2.32. The second-order valence-corrected chi connectivity index (χ2v) is 6.17. The first-order valence-electron chi connectivity index (χ1n) is 7.53. The summed E-state index contributed by atoms with van der Waals surface area (Å²) in [6, 6.07) is 2.35. The quantitative estimate of drug-likeness (QED) is 0.788. The van der Waals surface area contributed by atoms with Gasteiger partial charge in [-0.3, -0.25) is 4.79 Å². The molecule has 0 aromatic rings. The molecule has 3 nitrogen and oxygen atoms in total. The van der Waals surface area contributed by atoms with Gasteiger partial charge >= 0.3 is 0 Å². The summed E-state index contributed by atoms with van der Waals surface area (Å²) in [7, 11) is 0. The molecule has 0 spiro atoms. The van der Waals surface area contributed by atoms with Crippen LogP contribution in [0.25, 0.3) is 0 Å². The van der Waals surface area contributed by atoms with Crippen LogP contribution >= 0.6 is 0 Å². The molecule has 0 aromatic carbocycles. The van der Waals surface area contributed by atoms with E-state index in [-0.39, 0.29) is 5.91 Å². The minimum atomic E-state index is -0.681. The Labute approximate surface area is 116 Å². The van der Waals surface area contributed by atoms with E-state index in [1.54, 1.807) is 0 Å². The average Bonchev–Trinajstić information content (AvgIpc) is 2.92. The molecule has 0 heterocycles. The Morgan fingerprint density at radius 3 is 2.68 bits per heavy atom. The summed E-state index contributed by atoms with van der Waals surface area (Å²) in [5, 5.41) is 12.5. The molecule has 2 aliphatic carbocycles. The van der Waals surface area contributed by atoms with E-state index in [2.05, 4.69) is 23.5 Å². The molecule has 2 rings (SSSR count). The molecule has 0 aliphatic heterocycles. The second kappa shape index (κ2) is 6.23. The van der Waals surface area contributed by atoms with Crippen molar-refractivity contribution in [3.63, 3.8) is 0 Å². The number of rotatable bonds is 4. The first-order chi connectivity index (χ1) is 9.14. The van der Waals surface area contributed by atoms with Crippen LogP contribution in [0.4, 0.5) is 0 Å². The van der Waals surface area contributed by atoms with Crippen molar-refractivity contribution in [1.82, 2.24) is 5.32 Å². The largest absolute Gasteiger partial charge is 0.338 e. The highest BCUT2D eigenvalue weighted by molar-refractivity contribution is 5.77. The average molecular weight is 260 g/mol. The van der Waals surface area contributed by atoms with Crippen molar-refractivity contribution in [2.24, 2.45) is 11.8 Å². The monoisotopic (exact) mass is 260 g/mol. The molecular weight excluding hydrogens is 236 g/mol. The van der Waals surface area contributed by atoms with Crippen molar-refractivity contribution >= 4 is 5.91 Å². The zero-order chi connectivity index (χ0) is 13.7. The van der Waals surface area contributed by atoms with E-state index < -0.39 is 5.54 Å². The lowest BCUT2D eigenvalue weighted by Gasteiger charge is -2.35. The van der Waals surface area contributed by atoms with Gasteiger partial charge < -0.3 is 5.32 Å². The predicted octanol–water partition coefficient (Wildman–Crippen LogP) is 3.32. The van der Waals surface area contributed by atoms with Crippen LogP contribution < -0.4 is 5.32 Å². The van der Waals surface area contributed by atoms with E-state index in [1.165, 1.54) is 19.3 Å². The molecule has 0 unspecified atom stereocenters. The Bertz CT molecular complexity index is 390. The van der Waals surface area contributed by atoms with Gasteiger partial charge in [0.25, 0.3) is 0 Å². The van der Waals surface area contributed by atoms with Crippen molar-refractivity contribution in [2.45, 2.75) is 63.8 Å². The molecular formula is C16H24N2O. The third kappa shape index (κ3) is 3.59. The van der Waals surface area contributed by atoms with Crippen LogP contribution in [0.2, 0.25) is 0 Å². The van der Waals surface area contributed by atoms with Gasteiger partial charge in [-0.1, -0.05) is 31.4 Å². The van der Waals surface area contributed by atoms with E-state index in [0.717, 1.165) is 25.7 Å². The summed E-state index contributed by atoms with van der Waals surface area (Å²) < 4.78 is 0. The summed E-state index contributed by atoms with van der Waals surface area (Å²) in [5.74, 6) is 0.717. The second-order valence-electron chi connectivity index (χ2n) is 6.17. The molecule has 1 saturated carbocycles. The first kappa shape index (κ1) is 14.1. The Balaban J connectivity index is 1.91. The number of hydrogen-bond acceptors (Lipinski definition) is 2. The van der Waals surface area contributed by atoms with Crippen molar-refractivity contribution in [3.8, 4) is 6.07 Å². The zero-order valence-electron chi connectivity index (χ0n) is 11.8. The number of nitrogens with zero attached hydrogens (tertiary/aromatic N) is 1. The minimum absolute atomic E-state index is 0.0335. The highest BCUT2D eigenvalue weighted by Gasteiger charge is 2.36. The van der Waals surface area contributed by atoms with Crippen molar-refractivity contribution in [1.29, 1.82) is 5.26 Å². The molecule has 0 saturated heterocycles. The molecule has 104 valence electrons. The number of nitrogens with one attached hydrogen (secondary N) is 1. The summed E-state index contributed by atoms with van der Waals surface area (Å²) in [4.78, 5) is 12.1. The number of allylic oxidation sites excluding steroid dienone is 2. The van der Waals surface area contributed by atoms with Gasteiger partial charge in [0.1, 0.15) is 5.54 Å². The summed E-state index contributed by atoms with van der Waals surface area (Å²) in [5.41, 5.74) is -0.681. The third-order valence-electron chi connectivity index (χ3n) is 4.61. The van der Waals surface area contributed by atoms with Gasteiger partial charge in [0.15, 0.2) is 0 Å². The normalized spacial score (nSPS) is 26.6. The van der Waals surface area contributed by atoms with Gasteiger partial charge in [0.2, 0.25) is 5.91 Å². The third-order valence-corrected chi connectivity index (χ3v) is 4.61. The van der Waals surface area contributed by atoms with Crippen LogP contribution in [0.15, 0.2) is 12.2 Å². The maximum atomic E-state index is 12.1. The number of carbonyl (C=O) groups is 1. The maximum Gasteiger partial charge on any atom is 0.221 e. The topological polar surface area (TPSA) is 52.9 Å². The fourth-order valence-electron chi connectivity index (χ4n) is 3.35. The number of nitriles is 1. The molecule has 19 heavy (non-hydrogen) atoms.